The molecule has 0 spiro atoms. The zero-order chi connectivity index (χ0) is 17.0. The molecule has 2 rings (SSSR count). The molecule has 118 valence electrons. The lowest BCUT2D eigenvalue weighted by Crippen LogP contribution is -2.32. The van der Waals surface area contributed by atoms with E-state index in [4.69, 9.17) is 27.9 Å². The molecule has 0 bridgehead atoms. The van der Waals surface area contributed by atoms with E-state index < -0.39 is 5.91 Å². The summed E-state index contributed by atoms with van der Waals surface area (Å²) in [6.07, 6.45) is 1.76. The summed E-state index contributed by atoms with van der Waals surface area (Å²) in [5.41, 5.74) is 1.31. The van der Waals surface area contributed by atoms with E-state index in [9.17, 15) is 10.1 Å². The predicted octanol–water partition coefficient (Wildman–Crippen LogP) is 3.29. The first-order chi connectivity index (χ1) is 10.9. The molecule has 8 heteroatoms. The van der Waals surface area contributed by atoms with Crippen molar-refractivity contribution >= 4 is 35.1 Å². The van der Waals surface area contributed by atoms with Crippen LogP contribution in [0.5, 0.6) is 5.75 Å². The van der Waals surface area contributed by atoms with Crippen LogP contribution in [-0.4, -0.2) is 22.5 Å². The third-order valence-electron chi connectivity index (χ3n) is 2.76. The van der Waals surface area contributed by atoms with E-state index in [1.165, 1.54) is 6.07 Å². The molecule has 0 aliphatic carbocycles. The van der Waals surface area contributed by atoms with Crippen LogP contribution in [-0.2, 0) is 4.79 Å². The number of carbonyl (C=O) groups excluding carboxylic acids is 1. The van der Waals surface area contributed by atoms with E-state index in [2.05, 4.69) is 9.97 Å². The van der Waals surface area contributed by atoms with Gasteiger partial charge >= 0.3 is 0 Å². The molecule has 0 saturated heterocycles. The second kappa shape index (κ2) is 7.27. The highest BCUT2D eigenvalue weighted by Gasteiger charge is 2.20. The van der Waals surface area contributed by atoms with Gasteiger partial charge in [0.25, 0.3) is 5.91 Å². The molecule has 0 unspecified atom stereocenters. The number of nitriles is 1. The molecule has 6 nitrogen and oxygen atoms in total. The molecule has 1 heterocycles. The summed E-state index contributed by atoms with van der Waals surface area (Å²) in [5, 5.41) is 9.92. The molecule has 0 atom stereocenters. The van der Waals surface area contributed by atoms with Crippen LogP contribution in [0.2, 0.25) is 10.0 Å². The van der Waals surface area contributed by atoms with Gasteiger partial charge in [-0.25, -0.2) is 9.97 Å². The predicted molar refractivity (Wildman–Crippen MR) is 86.6 cm³/mol. The van der Waals surface area contributed by atoms with Crippen LogP contribution in [0.15, 0.2) is 24.3 Å². The van der Waals surface area contributed by atoms with Gasteiger partial charge in [-0.1, -0.05) is 23.2 Å². The summed E-state index contributed by atoms with van der Waals surface area (Å²) in [6, 6.07) is 6.37. The van der Waals surface area contributed by atoms with Crippen LogP contribution in [0.4, 0.5) is 5.95 Å². The van der Waals surface area contributed by atoms with Gasteiger partial charge < -0.3 is 4.74 Å². The lowest BCUT2D eigenvalue weighted by Gasteiger charge is -2.14. The van der Waals surface area contributed by atoms with E-state index in [0.29, 0.717) is 22.2 Å². The number of hydrogen-bond acceptors (Lipinski definition) is 5. The highest BCUT2D eigenvalue weighted by Crippen LogP contribution is 2.27. The third-order valence-corrected chi connectivity index (χ3v) is 3.30. The summed E-state index contributed by atoms with van der Waals surface area (Å²) in [6.45, 7) is 3.12. The molecule has 1 aromatic carbocycles. The second-order valence-corrected chi connectivity index (χ2v) is 5.49. The Morgan fingerprint density at radius 3 is 2.48 bits per heavy atom. The number of amides is 1. The molecule has 0 fully saturated rings. The second-order valence-electron chi connectivity index (χ2n) is 4.64. The zero-order valence-electron chi connectivity index (χ0n) is 12.4. The first-order valence-corrected chi connectivity index (χ1v) is 7.29. The highest BCUT2D eigenvalue weighted by molar-refractivity contribution is 6.35. The monoisotopic (exact) mass is 350 g/mol. The Morgan fingerprint density at radius 1 is 1.26 bits per heavy atom. The van der Waals surface area contributed by atoms with Gasteiger partial charge in [0.05, 0.1) is 5.02 Å². The van der Waals surface area contributed by atoms with E-state index in [1.807, 2.05) is 0 Å². The first kappa shape index (κ1) is 17.0. The molecule has 1 aromatic heterocycles. The Balaban J connectivity index is 2.13. The fourth-order valence-corrected chi connectivity index (χ4v) is 2.28. The highest BCUT2D eigenvalue weighted by atomic mass is 35.5. The van der Waals surface area contributed by atoms with E-state index >= 15 is 0 Å². The average Bonchev–Trinajstić information content (AvgIpc) is 2.46. The Labute approximate surface area is 143 Å². The Kier molecular flexibility index (Phi) is 5.37. The van der Waals surface area contributed by atoms with Crippen molar-refractivity contribution in [2.45, 2.75) is 13.8 Å². The molecule has 23 heavy (non-hydrogen) atoms. The molecule has 0 aliphatic rings. The third kappa shape index (κ3) is 4.31. The maximum Gasteiger partial charge on any atom is 0.280 e. The largest absolute Gasteiger partial charge is 0.482 e. The lowest BCUT2D eigenvalue weighted by atomic mass is 10.3. The molecular weight excluding hydrogens is 339 g/mol. The Hall–Kier alpha value is -2.36. The summed E-state index contributed by atoms with van der Waals surface area (Å²) < 4.78 is 5.33. The number of aromatic nitrogens is 2. The van der Waals surface area contributed by atoms with Crippen molar-refractivity contribution in [2.75, 3.05) is 11.5 Å². The number of aryl methyl sites for hydroxylation is 2. The van der Waals surface area contributed by atoms with Gasteiger partial charge in [-0.15, -0.1) is 0 Å². The van der Waals surface area contributed by atoms with Crippen molar-refractivity contribution in [3.63, 3.8) is 0 Å². The summed E-state index contributed by atoms with van der Waals surface area (Å²) in [5.74, 6) is -0.298. The summed E-state index contributed by atoms with van der Waals surface area (Å²) >= 11 is 11.7. The molecule has 0 saturated carbocycles. The van der Waals surface area contributed by atoms with Crippen molar-refractivity contribution in [1.29, 1.82) is 5.26 Å². The maximum absolute atomic E-state index is 12.2. The fraction of sp³-hybridized carbons (Fsp3) is 0.200. The normalized spacial score (nSPS) is 10.0. The quantitative estimate of drug-likeness (QED) is 0.624. The smallest absolute Gasteiger partial charge is 0.280 e. The standard InChI is InChI=1S/C15H12Cl2N4O2/c1-9-5-10(2)20-15(19-9)21(8-18)14(22)7-23-13-4-3-11(16)6-12(13)17/h3-6H,7H2,1-2H3. The Bertz CT molecular complexity index is 769. The van der Waals surface area contributed by atoms with E-state index in [-0.39, 0.29) is 17.6 Å². The van der Waals surface area contributed by atoms with Gasteiger partial charge in [0.15, 0.2) is 12.8 Å². The minimum atomic E-state index is -0.608. The first-order valence-electron chi connectivity index (χ1n) is 6.53. The lowest BCUT2D eigenvalue weighted by molar-refractivity contribution is -0.119. The zero-order valence-corrected chi connectivity index (χ0v) is 13.9. The van der Waals surface area contributed by atoms with Gasteiger partial charge in [-0.2, -0.15) is 10.2 Å². The molecule has 1 amide bonds. The van der Waals surface area contributed by atoms with Crippen molar-refractivity contribution < 1.29 is 9.53 Å². The number of ether oxygens (including phenoxy) is 1. The number of rotatable bonds is 4. The SMILES string of the molecule is Cc1cc(C)nc(N(C#N)C(=O)COc2ccc(Cl)cc2Cl)n1. The molecule has 2 aromatic rings. The van der Waals surface area contributed by atoms with Crippen molar-refractivity contribution in [3.05, 3.63) is 45.7 Å². The number of anilines is 1. The number of nitrogens with zero attached hydrogens (tertiary/aromatic N) is 4. The minimum Gasteiger partial charge on any atom is -0.482 e. The van der Waals surface area contributed by atoms with Crippen LogP contribution < -0.4 is 9.64 Å². The summed E-state index contributed by atoms with van der Waals surface area (Å²) in [4.78, 5) is 21.1. The van der Waals surface area contributed by atoms with Gasteiger partial charge in [0, 0.05) is 16.4 Å². The number of carbonyl (C=O) groups is 1. The topological polar surface area (TPSA) is 79.1 Å². The van der Waals surface area contributed by atoms with Crippen LogP contribution in [0, 0.1) is 25.3 Å². The Morgan fingerprint density at radius 2 is 1.91 bits per heavy atom. The number of benzene rings is 1. The van der Waals surface area contributed by atoms with Crippen LogP contribution in [0.3, 0.4) is 0 Å². The van der Waals surface area contributed by atoms with E-state index in [0.717, 1.165) is 4.90 Å². The minimum absolute atomic E-state index is 0.0146. The van der Waals surface area contributed by atoms with Crippen LogP contribution in [0.25, 0.3) is 0 Å². The van der Waals surface area contributed by atoms with E-state index in [1.54, 1.807) is 38.2 Å². The van der Waals surface area contributed by atoms with Crippen molar-refractivity contribution in [1.82, 2.24) is 9.97 Å². The molecular formula is C15H12Cl2N4O2. The van der Waals surface area contributed by atoms with Crippen molar-refractivity contribution in [2.24, 2.45) is 0 Å². The average molecular weight is 351 g/mol. The molecule has 0 aliphatic heterocycles. The van der Waals surface area contributed by atoms with Gasteiger partial charge in [0.2, 0.25) is 5.95 Å². The molecule has 0 N–H and O–H groups in total. The molecule has 0 radical (unpaired) electrons. The summed E-state index contributed by atoms with van der Waals surface area (Å²) in [7, 11) is 0. The van der Waals surface area contributed by atoms with Crippen molar-refractivity contribution in [3.8, 4) is 11.9 Å². The van der Waals surface area contributed by atoms with Crippen LogP contribution >= 0.6 is 23.2 Å². The maximum atomic E-state index is 12.2. The van der Waals surface area contributed by atoms with Gasteiger partial charge in [0.1, 0.15) is 5.75 Å². The number of hydrogen-bond donors (Lipinski definition) is 0. The van der Waals surface area contributed by atoms with Crippen LogP contribution in [0.1, 0.15) is 11.4 Å². The number of halogens is 2. The van der Waals surface area contributed by atoms with Gasteiger partial charge in [-0.05, 0) is 38.1 Å². The fourth-order valence-electron chi connectivity index (χ4n) is 1.82. The van der Waals surface area contributed by atoms with Gasteiger partial charge in [-0.3, -0.25) is 4.79 Å².